The third-order valence-electron chi connectivity index (χ3n) is 11.3. The first-order chi connectivity index (χ1) is 26.6. The van der Waals surface area contributed by atoms with E-state index in [2.05, 4.69) is 189 Å². The van der Waals surface area contributed by atoms with Crippen LogP contribution in [0.2, 0.25) is 0 Å². The Morgan fingerprint density at radius 2 is 1.36 bits per heavy atom. The number of fused-ring (bicyclic) bond motifs is 4. The third kappa shape index (κ3) is 6.20. The Labute approximate surface area is 324 Å². The minimum atomic E-state index is 0.00643. The molecule has 9 rings (SSSR count). The summed E-state index contributed by atoms with van der Waals surface area (Å²) in [5.74, 6) is 2.48. The van der Waals surface area contributed by atoms with Crippen LogP contribution in [0.1, 0.15) is 48.6 Å². The van der Waals surface area contributed by atoms with E-state index in [-0.39, 0.29) is 5.41 Å². The summed E-state index contributed by atoms with van der Waals surface area (Å²) in [6.07, 6.45) is 1.92. The molecule has 0 fully saturated rings. The number of aryl methyl sites for hydroxylation is 1. The van der Waals surface area contributed by atoms with Gasteiger partial charge in [-0.15, -0.1) is 0 Å². The van der Waals surface area contributed by atoms with Gasteiger partial charge in [0.2, 0.25) is 0 Å². The molecule has 0 radical (unpaired) electrons. The summed E-state index contributed by atoms with van der Waals surface area (Å²) < 4.78 is 8.95. The average Bonchev–Trinajstić information content (AvgIpc) is 3.72. The lowest BCUT2D eigenvalue weighted by molar-refractivity contribution is 0.483. The second-order valence-corrected chi connectivity index (χ2v) is 15.9. The van der Waals surface area contributed by atoms with E-state index in [1.54, 1.807) is 0 Å². The largest absolute Gasteiger partial charge is 0.457 e. The number of rotatable bonds is 7. The van der Waals surface area contributed by atoms with E-state index in [1.165, 1.54) is 61.1 Å². The quantitative estimate of drug-likeness (QED) is 0.164. The second kappa shape index (κ2) is 13.5. The Morgan fingerprint density at radius 1 is 0.636 bits per heavy atom. The van der Waals surface area contributed by atoms with Crippen LogP contribution in [0.5, 0.6) is 11.5 Å². The van der Waals surface area contributed by atoms with Crippen molar-refractivity contribution in [3.05, 3.63) is 174 Å². The van der Waals surface area contributed by atoms with Gasteiger partial charge in [-0.1, -0.05) is 93.6 Å². The third-order valence-corrected chi connectivity index (χ3v) is 11.3. The van der Waals surface area contributed by atoms with Gasteiger partial charge in [-0.2, -0.15) is 0 Å². The van der Waals surface area contributed by atoms with E-state index >= 15 is 0 Å². The van der Waals surface area contributed by atoms with Gasteiger partial charge in [0, 0.05) is 41.3 Å². The number of para-hydroxylation sites is 3. The fraction of sp³-hybridized carbons (Fsp3) is 0.180. The van der Waals surface area contributed by atoms with Crippen LogP contribution < -0.4 is 14.5 Å². The maximum Gasteiger partial charge on any atom is 0.137 e. The van der Waals surface area contributed by atoms with Crippen molar-refractivity contribution in [1.82, 2.24) is 9.55 Å². The molecule has 5 heteroatoms. The summed E-state index contributed by atoms with van der Waals surface area (Å²) in [5, 5.41) is 2.36. The predicted molar refractivity (Wildman–Crippen MR) is 230 cm³/mol. The molecule has 0 atom stereocenters. The molecule has 55 heavy (non-hydrogen) atoms. The maximum absolute atomic E-state index is 6.69. The van der Waals surface area contributed by atoms with Crippen LogP contribution in [0.15, 0.2) is 146 Å². The molecule has 0 amide bonds. The predicted octanol–water partition coefficient (Wildman–Crippen LogP) is 13.0. The Morgan fingerprint density at radius 3 is 2.18 bits per heavy atom. The zero-order valence-electron chi connectivity index (χ0n) is 32.5. The number of anilines is 3. The van der Waals surface area contributed by atoms with Crippen molar-refractivity contribution in [3.63, 3.8) is 0 Å². The number of hydrogen-bond acceptors (Lipinski definition) is 4. The molecule has 3 heterocycles. The number of hydrogen-bond donors (Lipinski definition) is 0. The van der Waals surface area contributed by atoms with Gasteiger partial charge in [-0.05, 0) is 120 Å². The molecule has 0 N–H and O–H groups in total. The molecule has 0 spiro atoms. The molecule has 0 aliphatic carbocycles. The molecule has 5 nitrogen and oxygen atoms in total. The van der Waals surface area contributed by atoms with E-state index in [1.807, 2.05) is 12.3 Å². The molecule has 8 aromatic rings. The average molecular weight is 719 g/mol. The number of benzene rings is 6. The van der Waals surface area contributed by atoms with Crippen molar-refractivity contribution in [3.8, 4) is 28.4 Å². The Kier molecular flexibility index (Phi) is 8.46. The molecule has 0 unspecified atom stereocenters. The van der Waals surface area contributed by atoms with Crippen LogP contribution >= 0.6 is 0 Å². The van der Waals surface area contributed by atoms with Gasteiger partial charge in [0.05, 0.1) is 29.1 Å². The molecule has 0 bridgehead atoms. The number of ether oxygens (including phenoxy) is 1. The minimum absolute atomic E-state index is 0.00643. The summed E-state index contributed by atoms with van der Waals surface area (Å²) in [4.78, 5) is 9.75. The first-order valence-corrected chi connectivity index (χ1v) is 19.2. The Hall–Kier alpha value is -6.33. The molecule has 0 saturated heterocycles. The van der Waals surface area contributed by atoms with Gasteiger partial charge < -0.3 is 14.5 Å². The van der Waals surface area contributed by atoms with Crippen LogP contribution in [0.25, 0.3) is 38.8 Å². The molecule has 1 aliphatic rings. The van der Waals surface area contributed by atoms with Crippen molar-refractivity contribution < 1.29 is 4.74 Å². The summed E-state index contributed by atoms with van der Waals surface area (Å²) in [5.41, 5.74) is 14.9. The van der Waals surface area contributed by atoms with Crippen molar-refractivity contribution in [2.45, 2.75) is 53.5 Å². The fourth-order valence-electron chi connectivity index (χ4n) is 8.26. The highest BCUT2D eigenvalue weighted by Crippen LogP contribution is 2.44. The lowest BCUT2D eigenvalue weighted by atomic mass is 9.88. The highest BCUT2D eigenvalue weighted by molar-refractivity contribution is 6.09. The summed E-state index contributed by atoms with van der Waals surface area (Å²) in [6.45, 7) is 15.0. The molecule has 272 valence electrons. The van der Waals surface area contributed by atoms with E-state index in [4.69, 9.17) is 9.72 Å². The Bertz CT molecular complexity index is 2720. The van der Waals surface area contributed by atoms with Gasteiger partial charge >= 0.3 is 0 Å². The number of pyridine rings is 1. The maximum atomic E-state index is 6.69. The fourth-order valence-corrected chi connectivity index (χ4v) is 8.26. The van der Waals surface area contributed by atoms with Gasteiger partial charge in [-0.25, -0.2) is 4.98 Å². The molecular weight excluding hydrogens is 673 g/mol. The van der Waals surface area contributed by atoms with Crippen LogP contribution in [-0.4, -0.2) is 16.2 Å². The Balaban J connectivity index is 1.05. The molecule has 1 aliphatic heterocycles. The number of nitrogens with zero attached hydrogens (tertiary/aromatic N) is 4. The van der Waals surface area contributed by atoms with Crippen LogP contribution in [0.4, 0.5) is 17.1 Å². The summed E-state index contributed by atoms with van der Waals surface area (Å²) >= 11 is 0. The zero-order chi connectivity index (χ0) is 37.8. The van der Waals surface area contributed by atoms with E-state index < -0.39 is 0 Å². The van der Waals surface area contributed by atoms with Crippen molar-refractivity contribution in [1.29, 1.82) is 0 Å². The summed E-state index contributed by atoms with van der Waals surface area (Å²) in [6, 6.07) is 49.7. The normalized spacial score (nSPS) is 12.8. The van der Waals surface area contributed by atoms with E-state index in [9.17, 15) is 0 Å². The van der Waals surface area contributed by atoms with Crippen LogP contribution in [-0.2, 0) is 12.0 Å². The van der Waals surface area contributed by atoms with E-state index in [0.717, 1.165) is 47.3 Å². The molecule has 2 aromatic heterocycles. The zero-order valence-corrected chi connectivity index (χ0v) is 32.5. The van der Waals surface area contributed by atoms with Gasteiger partial charge in [0.25, 0.3) is 0 Å². The first-order valence-electron chi connectivity index (χ1n) is 19.2. The van der Waals surface area contributed by atoms with Crippen LogP contribution in [0, 0.1) is 20.8 Å². The topological polar surface area (TPSA) is 33.5 Å². The highest BCUT2D eigenvalue weighted by atomic mass is 16.5. The summed E-state index contributed by atoms with van der Waals surface area (Å²) in [7, 11) is 0. The van der Waals surface area contributed by atoms with E-state index in [0.29, 0.717) is 0 Å². The molecule has 0 saturated carbocycles. The molecule has 6 aromatic carbocycles. The lowest BCUT2D eigenvalue weighted by Gasteiger charge is -2.25. The van der Waals surface area contributed by atoms with Crippen molar-refractivity contribution >= 4 is 38.9 Å². The lowest BCUT2D eigenvalue weighted by Crippen LogP contribution is -2.27. The number of aromatic nitrogens is 2. The minimum Gasteiger partial charge on any atom is -0.457 e. The van der Waals surface area contributed by atoms with Crippen molar-refractivity contribution in [2.24, 2.45) is 0 Å². The van der Waals surface area contributed by atoms with Gasteiger partial charge in [-0.3, -0.25) is 4.57 Å². The molecular formula is C50H46N4O. The standard InChI is InChI=1S/C50H46N4O/c1-33-27-37(49(35(3)34(33)2)36-15-8-7-9-16-36)31-52-32-53(46-22-13-12-21-45(46)52)39-17-14-18-40(29-39)55-41-23-24-43-42-19-10-11-20-44(42)54(47(43)30-41)48-28-38(25-26-51-48)50(4,5)6/h7-30H,31-32H2,1-6H3. The van der Waals surface area contributed by atoms with Crippen molar-refractivity contribution in [2.75, 3.05) is 16.5 Å². The SMILES string of the molecule is Cc1cc(CN2CN(c3cccc(Oc4ccc5c6ccccc6n(-c6cc(C(C)(C)C)ccn6)c5c4)c3)c3ccccc32)c(-c2ccccc2)c(C)c1C. The van der Waals surface area contributed by atoms with Gasteiger partial charge in [0.15, 0.2) is 0 Å². The van der Waals surface area contributed by atoms with Crippen LogP contribution in [0.3, 0.4) is 0 Å². The highest BCUT2D eigenvalue weighted by Gasteiger charge is 2.28. The van der Waals surface area contributed by atoms with Gasteiger partial charge in [0.1, 0.15) is 17.3 Å². The first kappa shape index (κ1) is 34.4. The second-order valence-electron chi connectivity index (χ2n) is 15.9. The monoisotopic (exact) mass is 718 g/mol. The smallest absolute Gasteiger partial charge is 0.137 e.